The molecule has 2 heterocycles. The summed E-state index contributed by atoms with van der Waals surface area (Å²) < 4.78 is 1.96. The third kappa shape index (κ3) is 2.68. The Balaban J connectivity index is 0.000000810. The first-order valence-electron chi connectivity index (χ1n) is 5.11. The van der Waals surface area contributed by atoms with E-state index in [9.17, 15) is 0 Å². The fraction of sp³-hybridized carbons (Fsp3) is 0.0714. The largest absolute Gasteiger partial charge is 0.358 e. The van der Waals surface area contributed by atoms with Crippen molar-refractivity contribution in [2.45, 2.75) is 6.92 Å². The molecule has 0 saturated heterocycles. The summed E-state index contributed by atoms with van der Waals surface area (Å²) in [5.74, 6) is 0. The maximum Gasteiger partial charge on any atom is 0.153 e. The fourth-order valence-electron chi connectivity index (χ4n) is 1.72. The van der Waals surface area contributed by atoms with Gasteiger partial charge in [0.15, 0.2) is 5.65 Å². The molecule has 0 bridgehead atoms. The van der Waals surface area contributed by atoms with Crippen molar-refractivity contribution in [2.75, 3.05) is 0 Å². The van der Waals surface area contributed by atoms with Crippen LogP contribution in [0.15, 0.2) is 42.9 Å². The maximum absolute atomic E-state index is 4.40. The van der Waals surface area contributed by atoms with Crippen LogP contribution in [0, 0.1) is 20.4 Å². The van der Waals surface area contributed by atoms with E-state index in [1.165, 1.54) is 0 Å². The maximum atomic E-state index is 4.40. The molecule has 0 fully saturated rings. The molecule has 89 valence electrons. The minimum Gasteiger partial charge on any atom is -0.358 e. The zero-order valence-corrected chi connectivity index (χ0v) is 13.3. The number of hydrogen-bond donors (Lipinski definition) is 0. The standard InChI is InChI=1S/C13H10N3.CH3.Y/c1-10-7-12-13(14-8-10)16(9-15-12)11-5-3-2-4-6-11;;/h2-3,5-9H,1H3;1H3;/q2*-1;. The Bertz CT molecular complexity index is 632. The SMILES string of the molecule is Cc1cnc2c(c1)ncn2-c1c[c-]ccc1.[CH3-].[Y]. The molecular weight excluding hydrogens is 299 g/mol. The Kier molecular flexibility index (Phi) is 5.18. The van der Waals surface area contributed by atoms with Crippen molar-refractivity contribution in [1.29, 1.82) is 0 Å². The van der Waals surface area contributed by atoms with Gasteiger partial charge in [0.05, 0.1) is 6.33 Å². The Morgan fingerprint density at radius 3 is 2.83 bits per heavy atom. The van der Waals surface area contributed by atoms with Crippen molar-refractivity contribution in [3.8, 4) is 5.69 Å². The molecule has 0 aliphatic heterocycles. The van der Waals surface area contributed by atoms with Crippen LogP contribution in [-0.4, -0.2) is 14.5 Å². The van der Waals surface area contributed by atoms with Gasteiger partial charge in [0, 0.05) is 38.9 Å². The number of pyridine rings is 1. The molecule has 18 heavy (non-hydrogen) atoms. The van der Waals surface area contributed by atoms with Gasteiger partial charge in [-0.25, -0.2) is 9.97 Å². The number of aromatic nitrogens is 3. The molecule has 0 unspecified atom stereocenters. The Hall–Kier alpha value is -1.06. The van der Waals surface area contributed by atoms with Crippen LogP contribution in [0.3, 0.4) is 0 Å². The van der Waals surface area contributed by atoms with Gasteiger partial charge < -0.3 is 12.0 Å². The van der Waals surface area contributed by atoms with E-state index in [0.29, 0.717) is 0 Å². The minimum atomic E-state index is 0. The second-order valence-electron chi connectivity index (χ2n) is 3.73. The van der Waals surface area contributed by atoms with Gasteiger partial charge in [-0.05, 0) is 18.6 Å². The predicted molar refractivity (Wildman–Crippen MR) is 68.9 cm³/mol. The number of hydrogen-bond acceptors (Lipinski definition) is 2. The Morgan fingerprint density at radius 2 is 2.11 bits per heavy atom. The van der Waals surface area contributed by atoms with Crippen molar-refractivity contribution in [2.24, 2.45) is 0 Å². The van der Waals surface area contributed by atoms with Crippen molar-refractivity contribution >= 4 is 11.2 Å². The molecular formula is C14H13N3Y-2. The number of nitrogens with zero attached hydrogens (tertiary/aromatic N) is 3. The van der Waals surface area contributed by atoms with Crippen molar-refractivity contribution in [3.05, 3.63) is 61.9 Å². The fourth-order valence-corrected chi connectivity index (χ4v) is 1.72. The van der Waals surface area contributed by atoms with Crippen LogP contribution >= 0.6 is 0 Å². The summed E-state index contributed by atoms with van der Waals surface area (Å²) >= 11 is 0. The van der Waals surface area contributed by atoms with E-state index in [0.717, 1.165) is 22.4 Å². The summed E-state index contributed by atoms with van der Waals surface area (Å²) in [5, 5.41) is 0. The number of benzene rings is 1. The first-order valence-corrected chi connectivity index (χ1v) is 5.11. The molecule has 0 aliphatic carbocycles. The third-order valence-electron chi connectivity index (χ3n) is 2.49. The van der Waals surface area contributed by atoms with Gasteiger partial charge in [-0.3, -0.25) is 0 Å². The average Bonchev–Trinajstić information content (AvgIpc) is 2.73. The Labute approximate surface area is 132 Å². The van der Waals surface area contributed by atoms with Crippen molar-refractivity contribution in [3.63, 3.8) is 0 Å². The van der Waals surface area contributed by atoms with Crippen LogP contribution in [0.1, 0.15) is 5.56 Å². The molecule has 4 heteroatoms. The van der Waals surface area contributed by atoms with E-state index in [-0.39, 0.29) is 40.1 Å². The quantitative estimate of drug-likeness (QED) is 0.647. The molecule has 1 radical (unpaired) electrons. The summed E-state index contributed by atoms with van der Waals surface area (Å²) in [6, 6.07) is 12.8. The van der Waals surface area contributed by atoms with Crippen LogP contribution in [0.25, 0.3) is 16.9 Å². The molecule has 2 aromatic heterocycles. The summed E-state index contributed by atoms with van der Waals surface area (Å²) in [6.07, 6.45) is 3.65. The molecule has 0 aliphatic rings. The first kappa shape index (κ1) is 15.0. The zero-order valence-electron chi connectivity index (χ0n) is 10.5. The first-order chi connectivity index (χ1) is 7.84. The number of imidazole rings is 1. The molecule has 0 atom stereocenters. The van der Waals surface area contributed by atoms with Crippen LogP contribution in [0.2, 0.25) is 0 Å². The molecule has 3 rings (SSSR count). The average molecular weight is 312 g/mol. The number of aryl methyl sites for hydroxylation is 1. The van der Waals surface area contributed by atoms with Crippen molar-refractivity contribution in [1.82, 2.24) is 14.5 Å². The molecule has 1 aromatic carbocycles. The molecule has 3 aromatic rings. The van der Waals surface area contributed by atoms with Gasteiger partial charge in [0.1, 0.15) is 5.52 Å². The zero-order chi connectivity index (χ0) is 11.0. The summed E-state index contributed by atoms with van der Waals surface area (Å²) in [5.41, 5.74) is 3.95. The van der Waals surface area contributed by atoms with Crippen molar-refractivity contribution < 1.29 is 32.7 Å². The molecule has 0 spiro atoms. The van der Waals surface area contributed by atoms with Gasteiger partial charge in [-0.1, -0.05) is 5.69 Å². The minimum absolute atomic E-state index is 0. The van der Waals surface area contributed by atoms with Gasteiger partial charge >= 0.3 is 0 Å². The molecule has 3 nitrogen and oxygen atoms in total. The van der Waals surface area contributed by atoms with E-state index in [4.69, 9.17) is 0 Å². The summed E-state index contributed by atoms with van der Waals surface area (Å²) in [4.78, 5) is 8.75. The van der Waals surface area contributed by atoms with Crippen LogP contribution < -0.4 is 0 Å². The van der Waals surface area contributed by atoms with E-state index in [1.54, 1.807) is 6.33 Å². The van der Waals surface area contributed by atoms with E-state index in [1.807, 2.05) is 48.0 Å². The monoisotopic (exact) mass is 312 g/mol. The smallest absolute Gasteiger partial charge is 0.153 e. The van der Waals surface area contributed by atoms with E-state index < -0.39 is 0 Å². The van der Waals surface area contributed by atoms with E-state index >= 15 is 0 Å². The normalized spacial score (nSPS) is 9.61. The molecule has 0 N–H and O–H groups in total. The predicted octanol–water partition coefficient (Wildman–Crippen LogP) is 2.98. The van der Waals surface area contributed by atoms with Crippen LogP contribution in [-0.2, 0) is 32.7 Å². The van der Waals surface area contributed by atoms with E-state index in [2.05, 4.69) is 16.0 Å². The Morgan fingerprint density at radius 1 is 1.28 bits per heavy atom. The third-order valence-corrected chi connectivity index (χ3v) is 2.49. The van der Waals surface area contributed by atoms with Gasteiger partial charge in [-0.2, -0.15) is 24.3 Å². The second-order valence-corrected chi connectivity index (χ2v) is 3.73. The number of fused-ring (bicyclic) bond motifs is 1. The second kappa shape index (κ2) is 6.21. The van der Waals surface area contributed by atoms with Crippen LogP contribution in [0.4, 0.5) is 0 Å². The number of rotatable bonds is 1. The van der Waals surface area contributed by atoms with Gasteiger partial charge in [-0.15, -0.1) is 6.07 Å². The van der Waals surface area contributed by atoms with Gasteiger partial charge in [0.25, 0.3) is 0 Å². The summed E-state index contributed by atoms with van der Waals surface area (Å²) in [7, 11) is 0. The molecule has 0 saturated carbocycles. The topological polar surface area (TPSA) is 30.7 Å². The van der Waals surface area contributed by atoms with Gasteiger partial charge in [0.2, 0.25) is 0 Å². The van der Waals surface area contributed by atoms with Crippen LogP contribution in [0.5, 0.6) is 0 Å². The summed E-state index contributed by atoms with van der Waals surface area (Å²) in [6.45, 7) is 2.02. The molecule has 0 amide bonds.